The SMILES string of the molecule is CN(CCCN1C(=O)CNC1=O)C(c1ccccc1)c1ccccc1. The first kappa shape index (κ1) is 17.2. The fourth-order valence-electron chi connectivity index (χ4n) is 3.26. The number of nitrogens with zero attached hydrogens (tertiary/aromatic N) is 2. The number of hydrogen-bond donors (Lipinski definition) is 1. The van der Waals surface area contributed by atoms with Crippen molar-refractivity contribution in [2.24, 2.45) is 0 Å². The number of carbonyl (C=O) groups is 2. The first-order valence-electron chi connectivity index (χ1n) is 8.55. The standard InChI is InChI=1S/C20H23N3O2/c1-22(13-8-14-23-18(24)15-21-20(23)25)19(16-9-4-2-5-10-16)17-11-6-3-7-12-17/h2-7,9-12,19H,8,13-15H2,1H3,(H,21,25). The maximum Gasteiger partial charge on any atom is 0.324 e. The number of hydrogen-bond acceptors (Lipinski definition) is 3. The Balaban J connectivity index is 1.68. The van der Waals surface area contributed by atoms with Crippen molar-refractivity contribution in [3.8, 4) is 0 Å². The molecule has 0 aromatic heterocycles. The molecule has 3 rings (SSSR count). The summed E-state index contributed by atoms with van der Waals surface area (Å²) in [6, 6.07) is 20.6. The maximum atomic E-state index is 11.7. The van der Waals surface area contributed by atoms with Gasteiger partial charge in [0.2, 0.25) is 5.91 Å². The van der Waals surface area contributed by atoms with Crippen LogP contribution < -0.4 is 5.32 Å². The Morgan fingerprint density at radius 1 is 1.00 bits per heavy atom. The van der Waals surface area contributed by atoms with Gasteiger partial charge in [-0.05, 0) is 24.6 Å². The average molecular weight is 337 g/mol. The number of carbonyl (C=O) groups excluding carboxylic acids is 2. The predicted octanol–water partition coefficient (Wildman–Crippen LogP) is 2.65. The normalized spacial score (nSPS) is 14.4. The van der Waals surface area contributed by atoms with Gasteiger partial charge in [0.05, 0.1) is 12.6 Å². The Kier molecular flexibility index (Phi) is 5.46. The maximum absolute atomic E-state index is 11.7. The fraction of sp³-hybridized carbons (Fsp3) is 0.300. The monoisotopic (exact) mass is 337 g/mol. The van der Waals surface area contributed by atoms with Crippen LogP contribution in [0.25, 0.3) is 0 Å². The first-order valence-corrected chi connectivity index (χ1v) is 8.55. The summed E-state index contributed by atoms with van der Waals surface area (Å²) in [6.07, 6.45) is 0.742. The zero-order valence-corrected chi connectivity index (χ0v) is 14.4. The van der Waals surface area contributed by atoms with Crippen molar-refractivity contribution in [3.63, 3.8) is 0 Å². The lowest BCUT2D eigenvalue weighted by Crippen LogP contribution is -2.34. The van der Waals surface area contributed by atoms with Crippen molar-refractivity contribution in [1.29, 1.82) is 0 Å². The molecule has 0 atom stereocenters. The van der Waals surface area contributed by atoms with E-state index in [4.69, 9.17) is 0 Å². The summed E-state index contributed by atoms with van der Waals surface area (Å²) in [5.74, 6) is -0.143. The van der Waals surface area contributed by atoms with Crippen molar-refractivity contribution >= 4 is 11.9 Å². The minimum absolute atomic E-state index is 0.116. The molecule has 2 aromatic rings. The van der Waals surface area contributed by atoms with E-state index in [1.54, 1.807) is 0 Å². The molecule has 1 saturated heterocycles. The quantitative estimate of drug-likeness (QED) is 0.790. The second kappa shape index (κ2) is 7.94. The van der Waals surface area contributed by atoms with Crippen LogP contribution in [0.3, 0.4) is 0 Å². The minimum atomic E-state index is -0.282. The van der Waals surface area contributed by atoms with E-state index < -0.39 is 0 Å². The Labute approximate surface area is 148 Å². The molecule has 3 amide bonds. The smallest absolute Gasteiger partial charge is 0.324 e. The number of amides is 3. The molecule has 0 radical (unpaired) electrons. The number of nitrogens with one attached hydrogen (secondary N) is 1. The van der Waals surface area contributed by atoms with E-state index in [0.717, 1.165) is 13.0 Å². The lowest BCUT2D eigenvalue weighted by molar-refractivity contribution is -0.125. The molecular weight excluding hydrogens is 314 g/mol. The van der Waals surface area contributed by atoms with Gasteiger partial charge in [-0.3, -0.25) is 14.6 Å². The highest BCUT2D eigenvalue weighted by atomic mass is 16.2. The average Bonchev–Trinajstić information content (AvgIpc) is 2.96. The fourth-order valence-corrected chi connectivity index (χ4v) is 3.26. The summed E-state index contributed by atoms with van der Waals surface area (Å²) < 4.78 is 0. The second-order valence-electron chi connectivity index (χ2n) is 6.26. The van der Waals surface area contributed by atoms with Gasteiger partial charge in [0, 0.05) is 13.1 Å². The van der Waals surface area contributed by atoms with Crippen molar-refractivity contribution in [2.45, 2.75) is 12.5 Å². The molecule has 1 N–H and O–H groups in total. The van der Waals surface area contributed by atoms with E-state index in [1.165, 1.54) is 16.0 Å². The molecule has 2 aromatic carbocycles. The molecular formula is C20H23N3O2. The van der Waals surface area contributed by atoms with Crippen molar-refractivity contribution in [1.82, 2.24) is 15.1 Å². The van der Waals surface area contributed by atoms with Crippen LogP contribution >= 0.6 is 0 Å². The van der Waals surface area contributed by atoms with Crippen molar-refractivity contribution in [2.75, 3.05) is 26.7 Å². The second-order valence-corrected chi connectivity index (χ2v) is 6.26. The third-order valence-corrected chi connectivity index (χ3v) is 4.50. The van der Waals surface area contributed by atoms with E-state index in [-0.39, 0.29) is 24.5 Å². The summed E-state index contributed by atoms with van der Waals surface area (Å²) in [6.45, 7) is 1.35. The van der Waals surface area contributed by atoms with Crippen LogP contribution in [0.5, 0.6) is 0 Å². The van der Waals surface area contributed by atoms with Crippen LogP contribution in [0.4, 0.5) is 4.79 Å². The molecule has 0 unspecified atom stereocenters. The molecule has 130 valence electrons. The largest absolute Gasteiger partial charge is 0.329 e. The molecule has 0 spiro atoms. The topological polar surface area (TPSA) is 52.6 Å². The van der Waals surface area contributed by atoms with Gasteiger partial charge in [-0.15, -0.1) is 0 Å². The van der Waals surface area contributed by atoms with Crippen LogP contribution in [0.2, 0.25) is 0 Å². The highest BCUT2D eigenvalue weighted by Gasteiger charge is 2.28. The van der Waals surface area contributed by atoms with Crippen LogP contribution in [0.1, 0.15) is 23.6 Å². The summed E-state index contributed by atoms with van der Waals surface area (Å²) in [5.41, 5.74) is 2.46. The third kappa shape index (κ3) is 4.06. The molecule has 25 heavy (non-hydrogen) atoms. The van der Waals surface area contributed by atoms with Gasteiger partial charge in [-0.2, -0.15) is 0 Å². The molecule has 1 aliphatic rings. The van der Waals surface area contributed by atoms with E-state index >= 15 is 0 Å². The molecule has 0 saturated carbocycles. The van der Waals surface area contributed by atoms with E-state index in [9.17, 15) is 9.59 Å². The van der Waals surface area contributed by atoms with Crippen molar-refractivity contribution in [3.05, 3.63) is 71.8 Å². The van der Waals surface area contributed by atoms with Gasteiger partial charge in [0.15, 0.2) is 0 Å². The minimum Gasteiger partial charge on any atom is -0.329 e. The molecule has 1 fully saturated rings. The van der Waals surface area contributed by atoms with Gasteiger partial charge in [0.25, 0.3) is 0 Å². The Hall–Kier alpha value is -2.66. The molecule has 5 heteroatoms. The number of imide groups is 1. The lowest BCUT2D eigenvalue weighted by atomic mass is 9.97. The summed E-state index contributed by atoms with van der Waals surface area (Å²) in [7, 11) is 2.08. The Morgan fingerprint density at radius 3 is 2.04 bits per heavy atom. The highest BCUT2D eigenvalue weighted by molar-refractivity contribution is 6.01. The lowest BCUT2D eigenvalue weighted by Gasteiger charge is -2.29. The van der Waals surface area contributed by atoms with Crippen molar-refractivity contribution < 1.29 is 9.59 Å². The molecule has 1 aliphatic heterocycles. The number of benzene rings is 2. The molecule has 5 nitrogen and oxygen atoms in total. The summed E-state index contributed by atoms with van der Waals surface area (Å²) >= 11 is 0. The van der Waals surface area contributed by atoms with Crippen LogP contribution in [-0.4, -0.2) is 48.4 Å². The third-order valence-electron chi connectivity index (χ3n) is 4.50. The Morgan fingerprint density at radius 2 is 1.56 bits per heavy atom. The van der Waals surface area contributed by atoms with E-state index in [0.29, 0.717) is 6.54 Å². The molecule has 0 aliphatic carbocycles. The van der Waals surface area contributed by atoms with Gasteiger partial charge >= 0.3 is 6.03 Å². The zero-order chi connectivity index (χ0) is 17.6. The summed E-state index contributed by atoms with van der Waals surface area (Å²) in [5, 5.41) is 2.56. The molecule has 0 bridgehead atoms. The Bertz CT molecular complexity index is 663. The number of rotatable bonds is 7. The summed E-state index contributed by atoms with van der Waals surface area (Å²) in [4.78, 5) is 26.9. The highest BCUT2D eigenvalue weighted by Crippen LogP contribution is 2.27. The van der Waals surface area contributed by atoms with Gasteiger partial charge in [-0.1, -0.05) is 60.7 Å². The first-order chi connectivity index (χ1) is 12.2. The van der Waals surface area contributed by atoms with Crippen LogP contribution in [-0.2, 0) is 4.79 Å². The van der Waals surface area contributed by atoms with Gasteiger partial charge in [0.1, 0.15) is 0 Å². The zero-order valence-electron chi connectivity index (χ0n) is 14.4. The van der Waals surface area contributed by atoms with Gasteiger partial charge < -0.3 is 5.32 Å². The van der Waals surface area contributed by atoms with E-state index in [2.05, 4.69) is 41.5 Å². The van der Waals surface area contributed by atoms with Crippen LogP contribution in [0.15, 0.2) is 60.7 Å². The van der Waals surface area contributed by atoms with Gasteiger partial charge in [-0.25, -0.2) is 4.79 Å². The van der Waals surface area contributed by atoms with Crippen LogP contribution in [0, 0.1) is 0 Å². The molecule has 1 heterocycles. The predicted molar refractivity (Wildman–Crippen MR) is 97.1 cm³/mol. The number of urea groups is 1. The van der Waals surface area contributed by atoms with E-state index in [1.807, 2.05) is 36.4 Å².